The molecule has 1 N–H and O–H groups in total. The van der Waals surface area contributed by atoms with Crippen LogP contribution in [0.1, 0.15) is 29.8 Å². The number of aromatic nitrogens is 1. The number of carbonyl (C=O) groups is 2. The molecule has 0 spiro atoms. The first-order valence-electron chi connectivity index (χ1n) is 7.23. The van der Waals surface area contributed by atoms with Crippen LogP contribution in [-0.2, 0) is 27.3 Å². The molecule has 1 aliphatic carbocycles. The highest BCUT2D eigenvalue weighted by Gasteiger charge is 2.28. The van der Waals surface area contributed by atoms with E-state index >= 15 is 0 Å². The summed E-state index contributed by atoms with van der Waals surface area (Å²) in [6.45, 7) is 1.34. The largest absolute Gasteiger partial charge is 0.375 e. The predicted molar refractivity (Wildman–Crippen MR) is 79.1 cm³/mol. The van der Waals surface area contributed by atoms with Gasteiger partial charge < -0.3 is 15.0 Å². The van der Waals surface area contributed by atoms with Gasteiger partial charge >= 0.3 is 0 Å². The van der Waals surface area contributed by atoms with Crippen molar-refractivity contribution in [1.82, 2.24) is 9.88 Å². The molecule has 6 nitrogen and oxygen atoms in total. The Balaban J connectivity index is 1.63. The van der Waals surface area contributed by atoms with E-state index in [1.807, 2.05) is 0 Å². The van der Waals surface area contributed by atoms with Gasteiger partial charge in [0.15, 0.2) is 5.13 Å². The van der Waals surface area contributed by atoms with Crippen molar-refractivity contribution in [2.24, 2.45) is 5.92 Å². The number of carbonyl (C=O) groups excluding carboxylic acids is 2. The summed E-state index contributed by atoms with van der Waals surface area (Å²) in [5, 5.41) is 3.58. The van der Waals surface area contributed by atoms with E-state index in [1.165, 1.54) is 18.4 Å². The molecule has 1 saturated carbocycles. The fourth-order valence-electron chi connectivity index (χ4n) is 2.55. The summed E-state index contributed by atoms with van der Waals surface area (Å²) < 4.78 is 4.89. The summed E-state index contributed by atoms with van der Waals surface area (Å²) in [6.07, 6.45) is 3.84. The van der Waals surface area contributed by atoms with Crippen LogP contribution in [0.4, 0.5) is 5.13 Å². The fourth-order valence-corrected chi connectivity index (χ4v) is 3.58. The standard InChI is InChI=1S/C14H19N3O3S/c1-20-8-12(18)17-6-5-10-11(7-17)21-14(15-10)16-13(19)9-3-2-4-9/h9H,2-8H2,1H3,(H,15,16,19). The van der Waals surface area contributed by atoms with E-state index in [0.717, 1.165) is 36.3 Å². The van der Waals surface area contributed by atoms with Crippen molar-refractivity contribution < 1.29 is 14.3 Å². The van der Waals surface area contributed by atoms with E-state index in [4.69, 9.17) is 4.74 Å². The molecule has 2 amide bonds. The number of thiazole rings is 1. The van der Waals surface area contributed by atoms with Crippen molar-refractivity contribution in [3.8, 4) is 0 Å². The van der Waals surface area contributed by atoms with Crippen molar-refractivity contribution in [2.75, 3.05) is 25.6 Å². The third kappa shape index (κ3) is 3.08. The lowest BCUT2D eigenvalue weighted by Gasteiger charge is -2.25. The maximum absolute atomic E-state index is 11.9. The van der Waals surface area contributed by atoms with Crippen molar-refractivity contribution in [1.29, 1.82) is 0 Å². The van der Waals surface area contributed by atoms with E-state index in [1.54, 1.807) is 4.90 Å². The maximum Gasteiger partial charge on any atom is 0.248 e. The van der Waals surface area contributed by atoms with Gasteiger partial charge in [0.1, 0.15) is 6.61 Å². The third-order valence-corrected chi connectivity index (χ3v) is 5.06. The second-order valence-corrected chi connectivity index (χ2v) is 6.59. The van der Waals surface area contributed by atoms with E-state index in [-0.39, 0.29) is 24.3 Å². The Labute approximate surface area is 127 Å². The molecule has 0 radical (unpaired) electrons. The van der Waals surface area contributed by atoms with Gasteiger partial charge in [-0.05, 0) is 12.8 Å². The normalized spacial score (nSPS) is 18.0. The van der Waals surface area contributed by atoms with E-state index < -0.39 is 0 Å². The van der Waals surface area contributed by atoms with Crippen LogP contribution in [0.15, 0.2) is 0 Å². The lowest BCUT2D eigenvalue weighted by atomic mass is 9.85. The molecule has 1 aromatic heterocycles. The lowest BCUT2D eigenvalue weighted by Crippen LogP contribution is -2.37. The van der Waals surface area contributed by atoms with Gasteiger partial charge in [0.2, 0.25) is 11.8 Å². The zero-order valence-electron chi connectivity index (χ0n) is 12.1. The molecule has 0 atom stereocenters. The van der Waals surface area contributed by atoms with Gasteiger partial charge in [-0.1, -0.05) is 17.8 Å². The lowest BCUT2D eigenvalue weighted by molar-refractivity contribution is -0.136. The van der Waals surface area contributed by atoms with Gasteiger partial charge in [-0.25, -0.2) is 4.98 Å². The highest BCUT2D eigenvalue weighted by atomic mass is 32.1. The van der Waals surface area contributed by atoms with Gasteiger partial charge in [0, 0.05) is 30.9 Å². The number of anilines is 1. The molecule has 21 heavy (non-hydrogen) atoms. The number of methoxy groups -OCH3 is 1. The molecular weight excluding hydrogens is 290 g/mol. The number of fused-ring (bicyclic) bond motifs is 1. The van der Waals surface area contributed by atoms with Gasteiger partial charge in [-0.15, -0.1) is 0 Å². The first-order chi connectivity index (χ1) is 10.2. The topological polar surface area (TPSA) is 71.5 Å². The fraction of sp³-hybridized carbons (Fsp3) is 0.643. The summed E-state index contributed by atoms with van der Waals surface area (Å²) in [4.78, 5) is 31.1. The van der Waals surface area contributed by atoms with Crippen LogP contribution in [0.3, 0.4) is 0 Å². The molecule has 1 aliphatic heterocycles. The van der Waals surface area contributed by atoms with Crippen molar-refractivity contribution in [3.05, 3.63) is 10.6 Å². The van der Waals surface area contributed by atoms with Gasteiger partial charge in [0.05, 0.1) is 12.2 Å². The van der Waals surface area contributed by atoms with E-state index in [9.17, 15) is 9.59 Å². The Morgan fingerprint density at radius 3 is 2.95 bits per heavy atom. The summed E-state index contributed by atoms with van der Waals surface area (Å²) in [5.41, 5.74) is 1.00. The first-order valence-corrected chi connectivity index (χ1v) is 8.05. The van der Waals surface area contributed by atoms with Crippen molar-refractivity contribution in [3.63, 3.8) is 0 Å². The summed E-state index contributed by atoms with van der Waals surface area (Å²) >= 11 is 1.48. The molecule has 0 unspecified atom stereocenters. The Morgan fingerprint density at radius 2 is 2.29 bits per heavy atom. The number of amides is 2. The maximum atomic E-state index is 11.9. The molecule has 0 bridgehead atoms. The minimum Gasteiger partial charge on any atom is -0.375 e. The molecule has 2 aliphatic rings. The minimum atomic E-state index is -0.00314. The van der Waals surface area contributed by atoms with Crippen LogP contribution in [0.2, 0.25) is 0 Å². The molecule has 3 rings (SSSR count). The number of hydrogen-bond donors (Lipinski definition) is 1. The molecular formula is C14H19N3O3S. The Kier molecular flexibility index (Phi) is 4.21. The highest BCUT2D eigenvalue weighted by Crippen LogP contribution is 2.31. The number of ether oxygens (including phenoxy) is 1. The van der Waals surface area contributed by atoms with Crippen LogP contribution >= 0.6 is 11.3 Å². The molecule has 1 aromatic rings. The van der Waals surface area contributed by atoms with Crippen molar-refractivity contribution >= 4 is 28.3 Å². The third-order valence-electron chi connectivity index (χ3n) is 4.06. The monoisotopic (exact) mass is 309 g/mol. The predicted octanol–water partition coefficient (Wildman–Crippen LogP) is 1.41. The molecule has 2 heterocycles. The molecule has 0 aromatic carbocycles. The van der Waals surface area contributed by atoms with Gasteiger partial charge in [0.25, 0.3) is 0 Å². The van der Waals surface area contributed by atoms with E-state index in [0.29, 0.717) is 18.2 Å². The van der Waals surface area contributed by atoms with Crippen LogP contribution < -0.4 is 5.32 Å². The second kappa shape index (κ2) is 6.11. The Bertz CT molecular complexity index is 554. The first kappa shape index (κ1) is 14.5. The molecule has 0 saturated heterocycles. The summed E-state index contributed by atoms with van der Waals surface area (Å²) in [7, 11) is 1.52. The zero-order valence-corrected chi connectivity index (χ0v) is 12.9. The average Bonchev–Trinajstić information content (AvgIpc) is 2.77. The van der Waals surface area contributed by atoms with Crippen LogP contribution in [-0.4, -0.2) is 42.0 Å². The zero-order chi connectivity index (χ0) is 14.8. The Morgan fingerprint density at radius 1 is 1.48 bits per heavy atom. The van der Waals surface area contributed by atoms with Crippen LogP contribution in [0, 0.1) is 5.92 Å². The second-order valence-electron chi connectivity index (χ2n) is 5.50. The highest BCUT2D eigenvalue weighted by molar-refractivity contribution is 7.15. The quantitative estimate of drug-likeness (QED) is 0.913. The Hall–Kier alpha value is -1.47. The van der Waals surface area contributed by atoms with Gasteiger partial charge in [-0.3, -0.25) is 9.59 Å². The molecule has 114 valence electrons. The van der Waals surface area contributed by atoms with Crippen LogP contribution in [0.5, 0.6) is 0 Å². The smallest absolute Gasteiger partial charge is 0.248 e. The number of nitrogens with one attached hydrogen (secondary N) is 1. The van der Waals surface area contributed by atoms with Crippen molar-refractivity contribution in [2.45, 2.75) is 32.2 Å². The number of nitrogens with zero attached hydrogens (tertiary/aromatic N) is 2. The summed E-state index contributed by atoms with van der Waals surface area (Å²) in [6, 6.07) is 0. The molecule has 7 heteroatoms. The number of rotatable bonds is 4. The van der Waals surface area contributed by atoms with E-state index in [2.05, 4.69) is 10.3 Å². The summed E-state index contributed by atoms with van der Waals surface area (Å²) in [5.74, 6) is 0.238. The van der Waals surface area contributed by atoms with Gasteiger partial charge in [-0.2, -0.15) is 0 Å². The van der Waals surface area contributed by atoms with Crippen LogP contribution in [0.25, 0.3) is 0 Å². The molecule has 1 fully saturated rings. The number of hydrogen-bond acceptors (Lipinski definition) is 5. The average molecular weight is 309 g/mol. The minimum absolute atomic E-state index is 0.00314. The SMILES string of the molecule is COCC(=O)N1CCc2nc(NC(=O)C3CCC3)sc2C1.